The maximum absolute atomic E-state index is 5.10. The first-order valence-corrected chi connectivity index (χ1v) is 6.27. The fourth-order valence-corrected chi connectivity index (χ4v) is 2.02. The van der Waals surface area contributed by atoms with Crippen LogP contribution in [0.5, 0.6) is 6.01 Å². The van der Waals surface area contributed by atoms with E-state index in [0.717, 1.165) is 10.9 Å². The summed E-state index contributed by atoms with van der Waals surface area (Å²) in [5.74, 6) is 1.08. The number of nitrogens with one attached hydrogen (secondary N) is 1. The number of aromatic nitrogens is 3. The molecule has 0 bridgehead atoms. The number of methoxy groups -OCH3 is 1. The molecule has 0 fully saturated rings. The summed E-state index contributed by atoms with van der Waals surface area (Å²) in [5.41, 5.74) is 0.931. The molecule has 0 spiro atoms. The van der Waals surface area contributed by atoms with Crippen LogP contribution in [-0.4, -0.2) is 29.1 Å². The molecule has 0 amide bonds. The predicted molar refractivity (Wildman–Crippen MR) is 78.9 cm³/mol. The van der Waals surface area contributed by atoms with Crippen molar-refractivity contribution in [3.8, 4) is 17.4 Å². The fraction of sp³-hybridized carbons (Fsp3) is 0.133. The second-order valence-electron chi connectivity index (χ2n) is 4.28. The Hall–Kier alpha value is -2.69. The first-order valence-electron chi connectivity index (χ1n) is 6.27. The van der Waals surface area contributed by atoms with Gasteiger partial charge in [-0.15, -0.1) is 0 Å². The standard InChI is InChI=1S/C15H14N4O/c1-16-14-17-13(18-15(19-14)20-2)12-8-7-10-5-3-4-6-11(10)9-12/h3-9H,1-2H3,(H,16,17,18,19). The van der Waals surface area contributed by atoms with Gasteiger partial charge in [0.05, 0.1) is 7.11 Å². The number of hydrogen-bond acceptors (Lipinski definition) is 5. The third-order valence-corrected chi connectivity index (χ3v) is 3.03. The van der Waals surface area contributed by atoms with Crippen molar-refractivity contribution in [1.29, 1.82) is 0 Å². The van der Waals surface area contributed by atoms with Crippen molar-refractivity contribution >= 4 is 16.7 Å². The highest BCUT2D eigenvalue weighted by Gasteiger charge is 2.08. The van der Waals surface area contributed by atoms with Crippen molar-refractivity contribution in [3.63, 3.8) is 0 Å². The van der Waals surface area contributed by atoms with Crippen molar-refractivity contribution in [2.24, 2.45) is 0 Å². The van der Waals surface area contributed by atoms with Gasteiger partial charge < -0.3 is 10.1 Å². The average Bonchev–Trinajstić information content (AvgIpc) is 2.53. The van der Waals surface area contributed by atoms with Crippen molar-refractivity contribution in [2.45, 2.75) is 0 Å². The van der Waals surface area contributed by atoms with Gasteiger partial charge in [0.15, 0.2) is 5.82 Å². The van der Waals surface area contributed by atoms with Crippen LogP contribution >= 0.6 is 0 Å². The van der Waals surface area contributed by atoms with E-state index in [9.17, 15) is 0 Å². The Balaban J connectivity index is 2.14. The number of anilines is 1. The Kier molecular flexibility index (Phi) is 3.16. The van der Waals surface area contributed by atoms with E-state index in [4.69, 9.17) is 4.74 Å². The molecule has 100 valence electrons. The summed E-state index contributed by atoms with van der Waals surface area (Å²) >= 11 is 0. The van der Waals surface area contributed by atoms with Gasteiger partial charge in [-0.25, -0.2) is 0 Å². The van der Waals surface area contributed by atoms with E-state index in [1.165, 1.54) is 5.39 Å². The monoisotopic (exact) mass is 266 g/mol. The molecule has 3 aromatic rings. The van der Waals surface area contributed by atoms with Gasteiger partial charge in [0.25, 0.3) is 0 Å². The molecule has 0 saturated carbocycles. The molecule has 20 heavy (non-hydrogen) atoms. The molecule has 0 unspecified atom stereocenters. The fourth-order valence-electron chi connectivity index (χ4n) is 2.02. The zero-order chi connectivity index (χ0) is 13.9. The third-order valence-electron chi connectivity index (χ3n) is 3.03. The van der Waals surface area contributed by atoms with Crippen molar-refractivity contribution in [1.82, 2.24) is 15.0 Å². The van der Waals surface area contributed by atoms with Crippen LogP contribution < -0.4 is 10.1 Å². The highest BCUT2D eigenvalue weighted by atomic mass is 16.5. The molecular formula is C15H14N4O. The predicted octanol–water partition coefficient (Wildman–Crippen LogP) is 2.74. The molecule has 1 N–H and O–H groups in total. The van der Waals surface area contributed by atoms with Crippen molar-refractivity contribution in [2.75, 3.05) is 19.5 Å². The van der Waals surface area contributed by atoms with E-state index in [2.05, 4.69) is 44.5 Å². The smallest absolute Gasteiger partial charge is 0.321 e. The van der Waals surface area contributed by atoms with Crippen LogP contribution in [0.25, 0.3) is 22.2 Å². The summed E-state index contributed by atoms with van der Waals surface area (Å²) in [6.07, 6.45) is 0. The summed E-state index contributed by atoms with van der Waals surface area (Å²) in [5, 5.41) is 5.24. The lowest BCUT2D eigenvalue weighted by Crippen LogP contribution is -2.03. The molecule has 1 aromatic heterocycles. The van der Waals surface area contributed by atoms with E-state index >= 15 is 0 Å². The number of ether oxygens (including phenoxy) is 1. The molecule has 3 rings (SSSR count). The molecule has 1 heterocycles. The lowest BCUT2D eigenvalue weighted by atomic mass is 10.1. The summed E-state index contributed by atoms with van der Waals surface area (Å²) in [4.78, 5) is 12.8. The van der Waals surface area contributed by atoms with Gasteiger partial charge in [0, 0.05) is 12.6 Å². The molecule has 0 aliphatic heterocycles. The SMILES string of the molecule is CNc1nc(OC)nc(-c2ccc3ccccc3c2)n1. The molecular weight excluding hydrogens is 252 g/mol. The first-order chi connectivity index (χ1) is 9.80. The number of rotatable bonds is 3. The highest BCUT2D eigenvalue weighted by Crippen LogP contribution is 2.23. The van der Waals surface area contributed by atoms with Gasteiger partial charge in [0.1, 0.15) is 0 Å². The second kappa shape index (κ2) is 5.13. The van der Waals surface area contributed by atoms with Crippen LogP contribution in [0.3, 0.4) is 0 Å². The average molecular weight is 266 g/mol. The van der Waals surface area contributed by atoms with Gasteiger partial charge >= 0.3 is 6.01 Å². The Morgan fingerprint density at radius 3 is 2.50 bits per heavy atom. The van der Waals surface area contributed by atoms with Crippen molar-refractivity contribution < 1.29 is 4.74 Å². The Morgan fingerprint density at radius 2 is 1.75 bits per heavy atom. The van der Waals surface area contributed by atoms with E-state index in [1.54, 1.807) is 14.2 Å². The molecule has 0 saturated heterocycles. The van der Waals surface area contributed by atoms with Crippen LogP contribution in [0, 0.1) is 0 Å². The van der Waals surface area contributed by atoms with E-state index in [1.807, 2.05) is 18.2 Å². The quantitative estimate of drug-likeness (QED) is 0.789. The molecule has 0 aliphatic carbocycles. The molecule has 0 radical (unpaired) electrons. The zero-order valence-electron chi connectivity index (χ0n) is 11.3. The Bertz CT molecular complexity index is 735. The Labute approximate surface area is 116 Å². The summed E-state index contributed by atoms with van der Waals surface area (Å²) < 4.78 is 5.10. The number of fused-ring (bicyclic) bond motifs is 1. The molecule has 5 nitrogen and oxygen atoms in total. The van der Waals surface area contributed by atoms with Crippen LogP contribution in [0.4, 0.5) is 5.95 Å². The minimum Gasteiger partial charge on any atom is -0.467 e. The normalized spacial score (nSPS) is 10.5. The minimum absolute atomic E-state index is 0.299. The molecule has 0 atom stereocenters. The van der Waals surface area contributed by atoms with Gasteiger partial charge in [-0.1, -0.05) is 36.4 Å². The summed E-state index contributed by atoms with van der Waals surface area (Å²) in [6.45, 7) is 0. The zero-order valence-corrected chi connectivity index (χ0v) is 11.3. The molecule has 5 heteroatoms. The number of benzene rings is 2. The summed E-state index contributed by atoms with van der Waals surface area (Å²) in [7, 11) is 3.30. The van der Waals surface area contributed by atoms with Gasteiger partial charge in [-0.3, -0.25) is 0 Å². The maximum atomic E-state index is 5.10. The third kappa shape index (κ3) is 2.25. The van der Waals surface area contributed by atoms with Crippen LogP contribution in [0.1, 0.15) is 0 Å². The van der Waals surface area contributed by atoms with Crippen molar-refractivity contribution in [3.05, 3.63) is 42.5 Å². The van der Waals surface area contributed by atoms with Gasteiger partial charge in [0.2, 0.25) is 5.95 Å². The number of hydrogen-bond donors (Lipinski definition) is 1. The van der Waals surface area contributed by atoms with Gasteiger partial charge in [-0.2, -0.15) is 15.0 Å². The van der Waals surface area contributed by atoms with Gasteiger partial charge in [-0.05, 0) is 16.8 Å². The molecule has 2 aromatic carbocycles. The minimum atomic E-state index is 0.299. The topological polar surface area (TPSA) is 59.9 Å². The largest absolute Gasteiger partial charge is 0.467 e. The summed E-state index contributed by atoms with van der Waals surface area (Å²) in [6, 6.07) is 14.6. The second-order valence-corrected chi connectivity index (χ2v) is 4.28. The van der Waals surface area contributed by atoms with E-state index < -0.39 is 0 Å². The number of nitrogens with zero attached hydrogens (tertiary/aromatic N) is 3. The lowest BCUT2D eigenvalue weighted by Gasteiger charge is -2.06. The highest BCUT2D eigenvalue weighted by molar-refractivity contribution is 5.86. The van der Waals surface area contributed by atoms with Crippen LogP contribution in [-0.2, 0) is 0 Å². The maximum Gasteiger partial charge on any atom is 0.321 e. The van der Waals surface area contributed by atoms with Crippen LogP contribution in [0.15, 0.2) is 42.5 Å². The van der Waals surface area contributed by atoms with E-state index in [-0.39, 0.29) is 0 Å². The van der Waals surface area contributed by atoms with Crippen LogP contribution in [0.2, 0.25) is 0 Å². The van der Waals surface area contributed by atoms with E-state index in [0.29, 0.717) is 17.8 Å². The Morgan fingerprint density at radius 1 is 0.950 bits per heavy atom. The lowest BCUT2D eigenvalue weighted by molar-refractivity contribution is 0.379. The molecule has 0 aliphatic rings. The first kappa shape index (κ1) is 12.3.